The number of nitrogens with zero attached hydrogens (tertiary/aromatic N) is 2. The summed E-state index contributed by atoms with van der Waals surface area (Å²) in [6.07, 6.45) is 0. The SMILES string of the molecule is Cc1ccc(-c2nc(CSc3nc4ccccc4[nH]3)cs2)o1. The number of furan rings is 1. The van der Waals surface area contributed by atoms with E-state index in [0.717, 1.165) is 44.2 Å². The predicted octanol–water partition coefficient (Wildman–Crippen LogP) is 4.88. The molecule has 0 saturated carbocycles. The molecule has 0 bridgehead atoms. The molecule has 1 aromatic carbocycles. The van der Waals surface area contributed by atoms with E-state index in [1.165, 1.54) is 0 Å². The zero-order valence-corrected chi connectivity index (χ0v) is 13.5. The van der Waals surface area contributed by atoms with Gasteiger partial charge in [-0.1, -0.05) is 23.9 Å². The number of aromatic nitrogens is 3. The van der Waals surface area contributed by atoms with Crippen molar-refractivity contribution in [1.82, 2.24) is 15.0 Å². The van der Waals surface area contributed by atoms with E-state index in [9.17, 15) is 0 Å². The summed E-state index contributed by atoms with van der Waals surface area (Å²) in [5.41, 5.74) is 3.10. The third kappa shape index (κ3) is 2.67. The topological polar surface area (TPSA) is 54.7 Å². The van der Waals surface area contributed by atoms with Crippen LogP contribution in [0.4, 0.5) is 0 Å². The lowest BCUT2D eigenvalue weighted by atomic mass is 10.3. The average Bonchev–Trinajstić information content (AvgIpc) is 3.23. The summed E-state index contributed by atoms with van der Waals surface area (Å²) in [6, 6.07) is 12.0. The predicted molar refractivity (Wildman–Crippen MR) is 90.2 cm³/mol. The maximum Gasteiger partial charge on any atom is 0.166 e. The average molecular weight is 327 g/mol. The first-order valence-electron chi connectivity index (χ1n) is 6.87. The van der Waals surface area contributed by atoms with Crippen molar-refractivity contribution in [3.8, 4) is 10.8 Å². The molecule has 0 amide bonds. The molecule has 4 rings (SSSR count). The highest BCUT2D eigenvalue weighted by Gasteiger charge is 2.09. The summed E-state index contributed by atoms with van der Waals surface area (Å²) in [7, 11) is 0. The van der Waals surface area contributed by atoms with Gasteiger partial charge in [-0.2, -0.15) is 0 Å². The molecule has 3 heterocycles. The molecule has 4 nitrogen and oxygen atoms in total. The summed E-state index contributed by atoms with van der Waals surface area (Å²) in [6.45, 7) is 1.94. The number of imidazole rings is 1. The number of fused-ring (bicyclic) bond motifs is 1. The second-order valence-corrected chi connectivity index (χ2v) is 6.72. The number of rotatable bonds is 4. The standard InChI is InChI=1S/C16H13N3OS2/c1-10-6-7-14(20-10)15-17-11(8-21-15)9-22-16-18-12-4-2-3-5-13(12)19-16/h2-8H,9H2,1H3,(H,18,19). The third-order valence-corrected chi connectivity index (χ3v) is 5.04. The van der Waals surface area contributed by atoms with Crippen molar-refractivity contribution in [2.45, 2.75) is 17.8 Å². The molecule has 1 N–H and O–H groups in total. The van der Waals surface area contributed by atoms with Gasteiger partial charge in [0.05, 0.1) is 16.7 Å². The van der Waals surface area contributed by atoms with Crippen LogP contribution in [0.25, 0.3) is 21.8 Å². The van der Waals surface area contributed by atoms with Gasteiger partial charge in [0, 0.05) is 11.1 Å². The van der Waals surface area contributed by atoms with Gasteiger partial charge in [0.1, 0.15) is 5.76 Å². The minimum atomic E-state index is 0.788. The maximum absolute atomic E-state index is 5.61. The lowest BCUT2D eigenvalue weighted by Gasteiger charge is -1.93. The minimum Gasteiger partial charge on any atom is -0.459 e. The molecule has 0 saturated heterocycles. The Kier molecular flexibility index (Phi) is 3.48. The number of aromatic amines is 1. The van der Waals surface area contributed by atoms with Crippen LogP contribution in [0.3, 0.4) is 0 Å². The number of hydrogen-bond donors (Lipinski definition) is 1. The Morgan fingerprint density at radius 1 is 1.18 bits per heavy atom. The molecule has 0 spiro atoms. The molecule has 0 aliphatic heterocycles. The van der Waals surface area contributed by atoms with Crippen LogP contribution in [0.15, 0.2) is 51.4 Å². The van der Waals surface area contributed by atoms with Gasteiger partial charge in [-0.25, -0.2) is 9.97 Å². The molecule has 3 aromatic heterocycles. The molecule has 0 atom stereocenters. The second-order valence-electron chi connectivity index (χ2n) is 4.90. The van der Waals surface area contributed by atoms with Crippen LogP contribution in [-0.4, -0.2) is 15.0 Å². The largest absolute Gasteiger partial charge is 0.459 e. The van der Waals surface area contributed by atoms with E-state index in [2.05, 4.69) is 20.3 Å². The van der Waals surface area contributed by atoms with Crippen LogP contribution in [0, 0.1) is 6.92 Å². The van der Waals surface area contributed by atoms with Gasteiger partial charge in [0.2, 0.25) is 0 Å². The number of thiazole rings is 1. The molecule has 0 fully saturated rings. The van der Waals surface area contributed by atoms with Crippen molar-refractivity contribution >= 4 is 34.1 Å². The van der Waals surface area contributed by atoms with Crippen molar-refractivity contribution in [3.05, 3.63) is 53.2 Å². The summed E-state index contributed by atoms with van der Waals surface area (Å²) in [4.78, 5) is 12.5. The fourth-order valence-electron chi connectivity index (χ4n) is 2.18. The van der Waals surface area contributed by atoms with E-state index in [1.54, 1.807) is 23.1 Å². The molecular weight excluding hydrogens is 314 g/mol. The molecule has 0 aliphatic rings. The van der Waals surface area contributed by atoms with Gasteiger partial charge in [0.15, 0.2) is 15.9 Å². The van der Waals surface area contributed by atoms with Gasteiger partial charge in [-0.15, -0.1) is 11.3 Å². The Bertz CT molecular complexity index is 889. The molecule has 0 unspecified atom stereocenters. The Labute approximate surface area is 135 Å². The second kappa shape index (κ2) is 5.62. The first-order chi connectivity index (χ1) is 10.8. The summed E-state index contributed by atoms with van der Waals surface area (Å²) in [5, 5.41) is 3.92. The molecule has 0 radical (unpaired) electrons. The lowest BCUT2D eigenvalue weighted by Crippen LogP contribution is -1.82. The summed E-state index contributed by atoms with van der Waals surface area (Å²) < 4.78 is 5.61. The lowest BCUT2D eigenvalue weighted by molar-refractivity contribution is 0.548. The summed E-state index contributed by atoms with van der Waals surface area (Å²) >= 11 is 3.27. The highest BCUT2D eigenvalue weighted by molar-refractivity contribution is 7.98. The Hall–Kier alpha value is -2.05. The summed E-state index contributed by atoms with van der Waals surface area (Å²) in [5.74, 6) is 2.53. The minimum absolute atomic E-state index is 0.788. The van der Waals surface area contributed by atoms with Gasteiger partial charge in [-0.05, 0) is 31.2 Å². The van der Waals surface area contributed by atoms with Crippen molar-refractivity contribution in [3.63, 3.8) is 0 Å². The van der Waals surface area contributed by atoms with Gasteiger partial charge >= 0.3 is 0 Å². The van der Waals surface area contributed by atoms with Crippen molar-refractivity contribution in [2.24, 2.45) is 0 Å². The zero-order valence-electron chi connectivity index (χ0n) is 11.9. The Morgan fingerprint density at radius 3 is 2.91 bits per heavy atom. The molecule has 0 aliphatic carbocycles. The Morgan fingerprint density at radius 2 is 2.09 bits per heavy atom. The highest BCUT2D eigenvalue weighted by Crippen LogP contribution is 2.28. The van der Waals surface area contributed by atoms with E-state index in [0.29, 0.717) is 0 Å². The van der Waals surface area contributed by atoms with Crippen LogP contribution < -0.4 is 0 Å². The molecule has 110 valence electrons. The van der Waals surface area contributed by atoms with E-state index in [4.69, 9.17) is 4.42 Å². The normalized spacial score (nSPS) is 11.3. The zero-order chi connectivity index (χ0) is 14.9. The first-order valence-corrected chi connectivity index (χ1v) is 8.73. The highest BCUT2D eigenvalue weighted by atomic mass is 32.2. The monoisotopic (exact) mass is 327 g/mol. The van der Waals surface area contributed by atoms with E-state index < -0.39 is 0 Å². The molecule has 22 heavy (non-hydrogen) atoms. The number of benzene rings is 1. The first kappa shape index (κ1) is 13.6. The smallest absolute Gasteiger partial charge is 0.166 e. The van der Waals surface area contributed by atoms with E-state index in [1.807, 2.05) is 43.3 Å². The fourth-order valence-corrected chi connectivity index (χ4v) is 3.84. The number of nitrogens with one attached hydrogen (secondary N) is 1. The number of thioether (sulfide) groups is 1. The number of H-pyrrole nitrogens is 1. The van der Waals surface area contributed by atoms with Gasteiger partial charge < -0.3 is 9.40 Å². The fraction of sp³-hybridized carbons (Fsp3) is 0.125. The van der Waals surface area contributed by atoms with Crippen molar-refractivity contribution in [1.29, 1.82) is 0 Å². The van der Waals surface area contributed by atoms with Crippen LogP contribution in [0.5, 0.6) is 0 Å². The van der Waals surface area contributed by atoms with Crippen LogP contribution >= 0.6 is 23.1 Å². The van der Waals surface area contributed by atoms with Gasteiger partial charge in [0.25, 0.3) is 0 Å². The Balaban J connectivity index is 1.48. The van der Waals surface area contributed by atoms with Crippen molar-refractivity contribution < 1.29 is 4.42 Å². The van der Waals surface area contributed by atoms with Crippen LogP contribution in [0.1, 0.15) is 11.5 Å². The molecular formula is C16H13N3OS2. The quantitative estimate of drug-likeness (QED) is 0.543. The van der Waals surface area contributed by atoms with Crippen LogP contribution in [-0.2, 0) is 5.75 Å². The van der Waals surface area contributed by atoms with Crippen molar-refractivity contribution in [2.75, 3.05) is 0 Å². The molecule has 4 aromatic rings. The van der Waals surface area contributed by atoms with Gasteiger partial charge in [-0.3, -0.25) is 0 Å². The number of hydrogen-bond acceptors (Lipinski definition) is 5. The number of para-hydroxylation sites is 2. The maximum atomic E-state index is 5.61. The molecule has 6 heteroatoms. The van der Waals surface area contributed by atoms with Crippen LogP contribution in [0.2, 0.25) is 0 Å². The number of aryl methyl sites for hydroxylation is 1. The van der Waals surface area contributed by atoms with E-state index >= 15 is 0 Å². The third-order valence-electron chi connectivity index (χ3n) is 3.23. The van der Waals surface area contributed by atoms with E-state index in [-0.39, 0.29) is 0 Å².